The van der Waals surface area contributed by atoms with E-state index in [0.717, 1.165) is 6.42 Å². The first-order chi connectivity index (χ1) is 11.8. The minimum absolute atomic E-state index is 0.301. The summed E-state index contributed by atoms with van der Waals surface area (Å²) in [4.78, 5) is 12.2. The summed E-state index contributed by atoms with van der Waals surface area (Å²) < 4.78 is 0. The summed E-state index contributed by atoms with van der Waals surface area (Å²) in [5.74, 6) is 1.61. The summed E-state index contributed by atoms with van der Waals surface area (Å²) in [6.07, 6.45) is 11.9. The van der Waals surface area contributed by atoms with Crippen LogP contribution in [0.15, 0.2) is 30.3 Å². The molecule has 0 spiro atoms. The van der Waals surface area contributed by atoms with Gasteiger partial charge in [0.05, 0.1) is 0 Å². The second kappa shape index (κ2) is 10.5. The van der Waals surface area contributed by atoms with Crippen molar-refractivity contribution in [1.29, 1.82) is 0 Å². The van der Waals surface area contributed by atoms with Gasteiger partial charge < -0.3 is 5.32 Å². The van der Waals surface area contributed by atoms with E-state index in [1.807, 2.05) is 13.8 Å². The molecule has 0 heterocycles. The fraction of sp³-hybridized carbons (Fsp3) is 0.682. The first-order valence-corrected chi connectivity index (χ1v) is 10.2. The van der Waals surface area contributed by atoms with E-state index in [1.165, 1.54) is 63.4 Å². The monoisotopic (exact) mass is 329 g/mol. The molecule has 0 bridgehead atoms. The molecule has 0 aliphatic heterocycles. The number of carbonyl (C=O) groups is 1. The standard InChI is InChI=1S/C20H29NO.C2H6/c22-20(21-19-9-5-2-6-10-19)15-16-11-13-18(14-12-16)17-7-3-1-4-8-17;1-2/h1,3-4,7-8,16,18-19H,2,5-6,9-15H2,(H,21,22);1-2H3. The predicted molar refractivity (Wildman–Crippen MR) is 102 cm³/mol. The highest BCUT2D eigenvalue weighted by atomic mass is 16.1. The van der Waals surface area contributed by atoms with E-state index in [-0.39, 0.29) is 0 Å². The molecule has 2 heteroatoms. The highest BCUT2D eigenvalue weighted by Gasteiger charge is 2.25. The number of hydrogen-bond acceptors (Lipinski definition) is 1. The third-order valence-electron chi connectivity index (χ3n) is 5.56. The molecular formula is C22H35NO. The third kappa shape index (κ3) is 5.96. The largest absolute Gasteiger partial charge is 0.353 e. The van der Waals surface area contributed by atoms with Crippen LogP contribution in [0.1, 0.15) is 89.5 Å². The van der Waals surface area contributed by atoms with Crippen LogP contribution in [0.2, 0.25) is 0 Å². The van der Waals surface area contributed by atoms with E-state index in [2.05, 4.69) is 35.6 Å². The average molecular weight is 330 g/mol. The Balaban J connectivity index is 0.00000100. The van der Waals surface area contributed by atoms with Gasteiger partial charge in [-0.15, -0.1) is 0 Å². The van der Waals surface area contributed by atoms with E-state index in [9.17, 15) is 4.79 Å². The van der Waals surface area contributed by atoms with Crippen molar-refractivity contribution >= 4 is 5.91 Å². The summed E-state index contributed by atoms with van der Waals surface area (Å²) >= 11 is 0. The summed E-state index contributed by atoms with van der Waals surface area (Å²) in [6.45, 7) is 4.00. The molecule has 1 aromatic carbocycles. The lowest BCUT2D eigenvalue weighted by molar-refractivity contribution is -0.123. The molecule has 3 rings (SSSR count). The maximum Gasteiger partial charge on any atom is 0.220 e. The molecule has 134 valence electrons. The first-order valence-electron chi connectivity index (χ1n) is 10.2. The van der Waals surface area contributed by atoms with E-state index in [4.69, 9.17) is 0 Å². The Morgan fingerprint density at radius 2 is 1.54 bits per heavy atom. The fourth-order valence-electron chi connectivity index (χ4n) is 4.22. The van der Waals surface area contributed by atoms with Gasteiger partial charge in [0, 0.05) is 12.5 Å². The zero-order valence-corrected chi connectivity index (χ0v) is 15.6. The molecule has 24 heavy (non-hydrogen) atoms. The third-order valence-corrected chi connectivity index (χ3v) is 5.56. The van der Waals surface area contributed by atoms with Crippen LogP contribution in [-0.4, -0.2) is 11.9 Å². The van der Waals surface area contributed by atoms with Gasteiger partial charge in [-0.25, -0.2) is 0 Å². The van der Waals surface area contributed by atoms with Gasteiger partial charge in [-0.1, -0.05) is 63.4 Å². The molecule has 2 nitrogen and oxygen atoms in total. The van der Waals surface area contributed by atoms with Gasteiger partial charge >= 0.3 is 0 Å². The van der Waals surface area contributed by atoms with Gasteiger partial charge in [-0.2, -0.15) is 0 Å². The number of hydrogen-bond donors (Lipinski definition) is 1. The Bertz CT molecular complexity index is 456. The van der Waals surface area contributed by atoms with Crippen molar-refractivity contribution in [2.75, 3.05) is 0 Å². The van der Waals surface area contributed by atoms with Gasteiger partial charge in [0.1, 0.15) is 0 Å². The lowest BCUT2D eigenvalue weighted by atomic mass is 9.77. The van der Waals surface area contributed by atoms with Gasteiger partial charge in [0.25, 0.3) is 0 Å². The van der Waals surface area contributed by atoms with E-state index >= 15 is 0 Å². The molecule has 0 saturated heterocycles. The van der Waals surface area contributed by atoms with Crippen LogP contribution in [0.5, 0.6) is 0 Å². The Morgan fingerprint density at radius 3 is 2.17 bits per heavy atom. The molecule has 0 aromatic heterocycles. The van der Waals surface area contributed by atoms with Gasteiger partial charge in [0.15, 0.2) is 0 Å². The second-order valence-corrected chi connectivity index (χ2v) is 7.23. The van der Waals surface area contributed by atoms with Crippen LogP contribution < -0.4 is 5.32 Å². The van der Waals surface area contributed by atoms with Gasteiger partial charge in [-0.05, 0) is 55.9 Å². The Hall–Kier alpha value is -1.31. The number of benzene rings is 1. The van der Waals surface area contributed by atoms with Crippen LogP contribution in [-0.2, 0) is 4.79 Å². The lowest BCUT2D eigenvalue weighted by Crippen LogP contribution is -2.37. The fourth-order valence-corrected chi connectivity index (χ4v) is 4.22. The summed E-state index contributed by atoms with van der Waals surface area (Å²) in [5, 5.41) is 3.27. The Morgan fingerprint density at radius 1 is 0.917 bits per heavy atom. The van der Waals surface area contributed by atoms with Crippen molar-refractivity contribution in [2.24, 2.45) is 5.92 Å². The quantitative estimate of drug-likeness (QED) is 0.740. The highest BCUT2D eigenvalue weighted by molar-refractivity contribution is 5.76. The van der Waals surface area contributed by atoms with E-state index < -0.39 is 0 Å². The average Bonchev–Trinajstić information content (AvgIpc) is 2.65. The molecule has 2 aliphatic rings. The predicted octanol–water partition coefficient (Wildman–Crippen LogP) is 5.83. The van der Waals surface area contributed by atoms with Crippen LogP contribution >= 0.6 is 0 Å². The van der Waals surface area contributed by atoms with Crippen LogP contribution in [0, 0.1) is 5.92 Å². The zero-order valence-electron chi connectivity index (χ0n) is 15.6. The topological polar surface area (TPSA) is 29.1 Å². The normalized spacial score (nSPS) is 24.6. The number of nitrogens with one attached hydrogen (secondary N) is 1. The SMILES string of the molecule is CC.O=C(CC1CCC(c2ccccc2)CC1)NC1CCCCC1. The van der Waals surface area contributed by atoms with Crippen molar-refractivity contribution in [3.05, 3.63) is 35.9 Å². The molecule has 0 unspecified atom stereocenters. The minimum atomic E-state index is 0.301. The van der Waals surface area contributed by atoms with Crippen LogP contribution in [0.4, 0.5) is 0 Å². The molecule has 2 fully saturated rings. The number of amides is 1. The lowest BCUT2D eigenvalue weighted by Gasteiger charge is -2.29. The second-order valence-electron chi connectivity index (χ2n) is 7.23. The number of rotatable bonds is 4. The molecule has 0 atom stereocenters. The van der Waals surface area contributed by atoms with E-state index in [0.29, 0.717) is 23.8 Å². The molecule has 2 aliphatic carbocycles. The zero-order chi connectivity index (χ0) is 17.2. The van der Waals surface area contributed by atoms with Gasteiger partial charge in [-0.3, -0.25) is 4.79 Å². The summed E-state index contributed by atoms with van der Waals surface area (Å²) in [5.41, 5.74) is 1.48. The molecule has 1 amide bonds. The van der Waals surface area contributed by atoms with Crippen molar-refractivity contribution < 1.29 is 4.79 Å². The van der Waals surface area contributed by atoms with Crippen molar-refractivity contribution in [3.8, 4) is 0 Å². The van der Waals surface area contributed by atoms with Crippen molar-refractivity contribution in [1.82, 2.24) is 5.32 Å². The summed E-state index contributed by atoms with van der Waals surface area (Å²) in [6, 6.07) is 11.3. The minimum Gasteiger partial charge on any atom is -0.353 e. The maximum atomic E-state index is 12.2. The van der Waals surface area contributed by atoms with Crippen LogP contribution in [0.25, 0.3) is 0 Å². The van der Waals surface area contributed by atoms with Crippen molar-refractivity contribution in [2.45, 2.75) is 90.0 Å². The first kappa shape index (κ1) is 19.0. The van der Waals surface area contributed by atoms with Gasteiger partial charge in [0.2, 0.25) is 5.91 Å². The molecule has 1 aromatic rings. The molecular weight excluding hydrogens is 294 g/mol. The van der Waals surface area contributed by atoms with Crippen LogP contribution in [0.3, 0.4) is 0 Å². The van der Waals surface area contributed by atoms with E-state index in [1.54, 1.807) is 0 Å². The molecule has 1 N–H and O–H groups in total. The smallest absolute Gasteiger partial charge is 0.220 e. The highest BCUT2D eigenvalue weighted by Crippen LogP contribution is 2.36. The Kier molecular flexibility index (Phi) is 8.35. The number of carbonyl (C=O) groups excluding carboxylic acids is 1. The maximum absolute atomic E-state index is 12.2. The molecule has 2 saturated carbocycles. The van der Waals surface area contributed by atoms with Crippen molar-refractivity contribution in [3.63, 3.8) is 0 Å². The molecule has 0 radical (unpaired) electrons. The Labute approximate surface area is 148 Å². The summed E-state index contributed by atoms with van der Waals surface area (Å²) in [7, 11) is 0.